The molecule has 4 rings (SSSR count). The number of nitrogens with zero attached hydrogens (tertiary/aromatic N) is 1. The van der Waals surface area contributed by atoms with Crippen molar-refractivity contribution in [2.45, 2.75) is 30.8 Å². The fourth-order valence-corrected chi connectivity index (χ4v) is 4.09. The van der Waals surface area contributed by atoms with Crippen molar-refractivity contribution in [1.29, 1.82) is 0 Å². The van der Waals surface area contributed by atoms with Gasteiger partial charge >= 0.3 is 0 Å². The van der Waals surface area contributed by atoms with Crippen molar-refractivity contribution in [2.75, 3.05) is 7.05 Å². The van der Waals surface area contributed by atoms with Crippen LogP contribution in [-0.2, 0) is 5.54 Å². The Morgan fingerprint density at radius 1 is 1.15 bits per heavy atom. The second-order valence-electron chi connectivity index (χ2n) is 6.07. The van der Waals surface area contributed by atoms with Gasteiger partial charge in [-0.3, -0.25) is 4.90 Å². The Bertz CT molecular complexity index is 706. The summed E-state index contributed by atoms with van der Waals surface area (Å²) < 4.78 is 0. The number of rotatable bonds is 1. The minimum Gasteiger partial charge on any atom is -0.290 e. The molecule has 0 amide bonds. The van der Waals surface area contributed by atoms with Crippen LogP contribution < -0.4 is 0 Å². The molecule has 2 aromatic rings. The van der Waals surface area contributed by atoms with Crippen LogP contribution in [0.1, 0.15) is 24.8 Å². The minimum atomic E-state index is 0.0967. The normalized spacial score (nSPS) is 29.2. The third kappa shape index (κ3) is 1.66. The first kappa shape index (κ1) is 12.4. The molecule has 0 N–H and O–H groups in total. The number of hydrogen-bond acceptors (Lipinski definition) is 1. The van der Waals surface area contributed by atoms with Crippen molar-refractivity contribution in [3.05, 3.63) is 59.1 Å². The maximum absolute atomic E-state index is 6.14. The zero-order chi connectivity index (χ0) is 13.7. The van der Waals surface area contributed by atoms with Crippen molar-refractivity contribution >= 4 is 22.4 Å². The number of halogens is 1. The second-order valence-corrected chi connectivity index (χ2v) is 6.51. The largest absolute Gasteiger partial charge is 0.290 e. The Hall–Kier alpha value is -1.31. The van der Waals surface area contributed by atoms with Crippen molar-refractivity contribution in [1.82, 2.24) is 4.90 Å². The molecular formula is C18H18ClN. The van der Waals surface area contributed by atoms with Gasteiger partial charge in [0.05, 0.1) is 5.54 Å². The van der Waals surface area contributed by atoms with E-state index in [1.165, 1.54) is 35.6 Å². The predicted octanol–water partition coefficient (Wildman–Crippen LogP) is 4.74. The van der Waals surface area contributed by atoms with Crippen LogP contribution in [0.15, 0.2) is 48.6 Å². The summed E-state index contributed by atoms with van der Waals surface area (Å²) in [5.41, 5.74) is 1.49. The Balaban J connectivity index is 1.89. The van der Waals surface area contributed by atoms with Crippen LogP contribution in [0.25, 0.3) is 10.8 Å². The highest BCUT2D eigenvalue weighted by Gasteiger charge is 2.45. The van der Waals surface area contributed by atoms with Gasteiger partial charge in [-0.1, -0.05) is 42.0 Å². The van der Waals surface area contributed by atoms with Gasteiger partial charge in [-0.15, -0.1) is 0 Å². The number of benzene rings is 2. The molecule has 0 saturated carbocycles. The third-order valence-electron chi connectivity index (χ3n) is 5.14. The zero-order valence-corrected chi connectivity index (χ0v) is 12.4. The summed E-state index contributed by atoms with van der Waals surface area (Å²) in [6, 6.07) is 13.6. The monoisotopic (exact) mass is 283 g/mol. The van der Waals surface area contributed by atoms with Crippen LogP contribution in [0.2, 0.25) is 5.02 Å². The molecule has 2 heteroatoms. The first-order valence-electron chi connectivity index (χ1n) is 7.29. The quantitative estimate of drug-likeness (QED) is 0.683. The lowest BCUT2D eigenvalue weighted by atomic mass is 9.85. The lowest BCUT2D eigenvalue weighted by molar-refractivity contribution is 0.168. The molecule has 1 fully saturated rings. The number of likely N-dealkylation sites (N-methyl/N-ethyl adjacent to an activating group) is 1. The van der Waals surface area contributed by atoms with E-state index in [1.54, 1.807) is 0 Å². The Morgan fingerprint density at radius 3 is 2.90 bits per heavy atom. The Labute approximate surface area is 124 Å². The summed E-state index contributed by atoms with van der Waals surface area (Å²) in [5.74, 6) is 0. The maximum atomic E-state index is 6.14. The van der Waals surface area contributed by atoms with Gasteiger partial charge < -0.3 is 0 Å². The lowest BCUT2D eigenvalue weighted by Crippen LogP contribution is -2.42. The molecular weight excluding hydrogens is 266 g/mol. The van der Waals surface area contributed by atoms with Crippen molar-refractivity contribution in [2.24, 2.45) is 0 Å². The Morgan fingerprint density at radius 2 is 2.00 bits per heavy atom. The third-order valence-corrected chi connectivity index (χ3v) is 5.37. The smallest absolute Gasteiger partial charge is 0.0646 e. The van der Waals surface area contributed by atoms with E-state index in [1.807, 2.05) is 6.07 Å². The standard InChI is InChI=1S/C18H18ClN/c1-20-17-3-2-9-18(20,10-8-17)15-6-4-13-5-7-16(19)12-14(13)11-15/h2,4-7,9,11-12,17H,3,8,10H2,1H3. The lowest BCUT2D eigenvalue weighted by Gasteiger charge is -2.39. The van der Waals surface area contributed by atoms with Gasteiger partial charge in [0.2, 0.25) is 0 Å². The second kappa shape index (κ2) is 4.34. The van der Waals surface area contributed by atoms with E-state index in [9.17, 15) is 0 Å². The topological polar surface area (TPSA) is 3.24 Å². The molecule has 1 saturated heterocycles. The highest BCUT2D eigenvalue weighted by atomic mass is 35.5. The molecule has 0 radical (unpaired) electrons. The van der Waals surface area contributed by atoms with Gasteiger partial charge in [0.15, 0.2) is 0 Å². The molecule has 2 aromatic carbocycles. The van der Waals surface area contributed by atoms with Gasteiger partial charge in [-0.05, 0) is 60.8 Å². The van der Waals surface area contributed by atoms with Crippen LogP contribution in [0.4, 0.5) is 0 Å². The van der Waals surface area contributed by atoms with Crippen LogP contribution in [-0.4, -0.2) is 18.0 Å². The molecule has 0 aliphatic carbocycles. The van der Waals surface area contributed by atoms with Gasteiger partial charge in [0.25, 0.3) is 0 Å². The molecule has 0 spiro atoms. The van der Waals surface area contributed by atoms with Gasteiger partial charge in [-0.2, -0.15) is 0 Å². The highest BCUT2D eigenvalue weighted by molar-refractivity contribution is 6.31. The summed E-state index contributed by atoms with van der Waals surface area (Å²) in [7, 11) is 2.27. The molecule has 2 bridgehead atoms. The highest BCUT2D eigenvalue weighted by Crippen LogP contribution is 2.46. The molecule has 1 nitrogen and oxygen atoms in total. The summed E-state index contributed by atoms with van der Waals surface area (Å²) in [6.45, 7) is 0. The fourth-order valence-electron chi connectivity index (χ4n) is 3.91. The average Bonchev–Trinajstić information content (AvgIpc) is 2.65. The summed E-state index contributed by atoms with van der Waals surface area (Å²) in [6.07, 6.45) is 8.47. The van der Waals surface area contributed by atoms with E-state index in [0.29, 0.717) is 6.04 Å². The predicted molar refractivity (Wildman–Crippen MR) is 85.2 cm³/mol. The van der Waals surface area contributed by atoms with Gasteiger partial charge in [0.1, 0.15) is 0 Å². The maximum Gasteiger partial charge on any atom is 0.0646 e. The van der Waals surface area contributed by atoms with E-state index >= 15 is 0 Å². The van der Waals surface area contributed by atoms with Crippen molar-refractivity contribution in [3.63, 3.8) is 0 Å². The number of fused-ring (bicyclic) bond motifs is 3. The van der Waals surface area contributed by atoms with Gasteiger partial charge in [0, 0.05) is 11.1 Å². The molecule has 0 aromatic heterocycles. The first-order chi connectivity index (χ1) is 9.69. The summed E-state index contributed by atoms with van der Waals surface area (Å²) in [4.78, 5) is 2.55. The molecule has 2 aliphatic rings. The van der Waals surface area contributed by atoms with Crippen molar-refractivity contribution < 1.29 is 0 Å². The van der Waals surface area contributed by atoms with Crippen LogP contribution in [0, 0.1) is 0 Å². The van der Waals surface area contributed by atoms with E-state index in [0.717, 1.165) is 5.02 Å². The first-order valence-corrected chi connectivity index (χ1v) is 7.67. The van der Waals surface area contributed by atoms with E-state index in [4.69, 9.17) is 11.6 Å². The molecule has 2 aliphatic heterocycles. The Kier molecular flexibility index (Phi) is 2.70. The number of hydrogen-bond donors (Lipinski definition) is 0. The SMILES string of the molecule is CN1C2CC=CC1(c1ccc3ccc(Cl)cc3c1)CC2. The van der Waals surface area contributed by atoms with E-state index in [-0.39, 0.29) is 5.54 Å². The van der Waals surface area contributed by atoms with Crippen LogP contribution in [0.5, 0.6) is 0 Å². The van der Waals surface area contributed by atoms with E-state index in [2.05, 4.69) is 54.4 Å². The molecule has 2 heterocycles. The molecule has 2 atom stereocenters. The molecule has 2 unspecified atom stereocenters. The molecule has 20 heavy (non-hydrogen) atoms. The van der Waals surface area contributed by atoms with Gasteiger partial charge in [-0.25, -0.2) is 0 Å². The summed E-state index contributed by atoms with van der Waals surface area (Å²) >= 11 is 6.14. The average molecular weight is 284 g/mol. The van der Waals surface area contributed by atoms with Crippen LogP contribution in [0.3, 0.4) is 0 Å². The zero-order valence-electron chi connectivity index (χ0n) is 11.6. The summed E-state index contributed by atoms with van der Waals surface area (Å²) in [5, 5.41) is 3.30. The van der Waals surface area contributed by atoms with Crippen molar-refractivity contribution in [3.8, 4) is 0 Å². The van der Waals surface area contributed by atoms with Crippen LogP contribution >= 0.6 is 11.6 Å². The fraction of sp³-hybridized carbons (Fsp3) is 0.333. The molecule has 102 valence electrons. The van der Waals surface area contributed by atoms with E-state index < -0.39 is 0 Å². The minimum absolute atomic E-state index is 0.0967.